The molecule has 1 aromatic rings. The molecule has 1 aromatic carbocycles. The normalized spacial score (nSPS) is 26.7. The van der Waals surface area contributed by atoms with E-state index in [9.17, 15) is 5.11 Å². The molecule has 0 amide bonds. The molecule has 2 heterocycles. The second-order valence-electron chi connectivity index (χ2n) is 7.97. The van der Waals surface area contributed by atoms with Crippen LogP contribution in [-0.2, 0) is 6.54 Å². The van der Waals surface area contributed by atoms with Gasteiger partial charge < -0.3 is 15.3 Å². The second kappa shape index (κ2) is 9.02. The molecular weight excluding hydrogens is 310 g/mol. The largest absolute Gasteiger partial charge is 0.396 e. The monoisotopic (exact) mass is 345 g/mol. The molecule has 4 heteroatoms. The van der Waals surface area contributed by atoms with Crippen molar-refractivity contribution in [2.24, 2.45) is 11.8 Å². The van der Waals surface area contributed by atoms with Crippen LogP contribution in [0.4, 0.5) is 5.69 Å². The van der Waals surface area contributed by atoms with E-state index < -0.39 is 0 Å². The number of nitrogens with zero attached hydrogens (tertiary/aromatic N) is 2. The van der Waals surface area contributed by atoms with Gasteiger partial charge in [-0.1, -0.05) is 32.0 Å². The number of aliphatic hydroxyl groups excluding tert-OH is 1. The van der Waals surface area contributed by atoms with Gasteiger partial charge in [0.05, 0.1) is 0 Å². The van der Waals surface area contributed by atoms with E-state index in [0.29, 0.717) is 24.5 Å². The van der Waals surface area contributed by atoms with Crippen LogP contribution in [0.25, 0.3) is 0 Å². The van der Waals surface area contributed by atoms with Crippen LogP contribution >= 0.6 is 0 Å². The summed E-state index contributed by atoms with van der Waals surface area (Å²) in [4.78, 5) is 5.09. The quantitative estimate of drug-likeness (QED) is 0.831. The van der Waals surface area contributed by atoms with Crippen molar-refractivity contribution >= 4 is 5.69 Å². The second-order valence-corrected chi connectivity index (χ2v) is 7.97. The average molecular weight is 346 g/mol. The Balaban J connectivity index is 1.59. The molecule has 2 aliphatic rings. The van der Waals surface area contributed by atoms with Gasteiger partial charge in [-0.25, -0.2) is 0 Å². The lowest BCUT2D eigenvalue weighted by Gasteiger charge is -2.38. The minimum atomic E-state index is 0.348. The molecular formula is C21H35N3O. The first-order valence-corrected chi connectivity index (χ1v) is 10.1. The Kier molecular flexibility index (Phi) is 6.74. The summed E-state index contributed by atoms with van der Waals surface area (Å²) >= 11 is 0. The van der Waals surface area contributed by atoms with Gasteiger partial charge in [0.1, 0.15) is 0 Å². The zero-order valence-corrected chi connectivity index (χ0v) is 16.0. The molecule has 2 N–H and O–H groups in total. The topological polar surface area (TPSA) is 38.7 Å². The fourth-order valence-corrected chi connectivity index (χ4v) is 4.30. The van der Waals surface area contributed by atoms with Crippen LogP contribution in [0.15, 0.2) is 24.3 Å². The van der Waals surface area contributed by atoms with Crippen molar-refractivity contribution in [2.75, 3.05) is 44.6 Å². The van der Waals surface area contributed by atoms with E-state index >= 15 is 0 Å². The lowest BCUT2D eigenvalue weighted by Crippen LogP contribution is -2.45. The summed E-state index contributed by atoms with van der Waals surface area (Å²) in [5.41, 5.74) is 2.73. The standard InChI is InChI=1S/C21H35N3O/c1-3-23-13-10-20(17(2)14-23)22-21-7-5-4-6-19(21)15-24-11-8-18(16-25)9-12-24/h4-7,17-18,20,22,25H,3,8-16H2,1-2H3/t17-,20-/m1/s1. The number of nitrogens with one attached hydrogen (secondary N) is 1. The third kappa shape index (κ3) is 4.96. The van der Waals surface area contributed by atoms with Crippen molar-refractivity contribution in [1.82, 2.24) is 9.80 Å². The molecule has 2 atom stereocenters. The van der Waals surface area contributed by atoms with Crippen molar-refractivity contribution in [3.63, 3.8) is 0 Å². The summed E-state index contributed by atoms with van der Waals surface area (Å²) in [5, 5.41) is 13.2. The molecule has 0 aliphatic carbocycles. The molecule has 0 spiro atoms. The molecule has 3 rings (SSSR count). The lowest BCUT2D eigenvalue weighted by molar-refractivity contribution is 0.127. The van der Waals surface area contributed by atoms with E-state index in [1.165, 1.54) is 30.8 Å². The Bertz CT molecular complexity index is 528. The number of aliphatic hydroxyl groups is 1. The first kappa shape index (κ1) is 18.7. The summed E-state index contributed by atoms with van der Waals surface area (Å²) in [6.45, 7) is 11.8. The predicted molar refractivity (Wildman–Crippen MR) is 105 cm³/mol. The Morgan fingerprint density at radius 1 is 1.08 bits per heavy atom. The molecule has 0 aromatic heterocycles. The van der Waals surface area contributed by atoms with Crippen molar-refractivity contribution in [3.05, 3.63) is 29.8 Å². The highest BCUT2D eigenvalue weighted by Crippen LogP contribution is 2.26. The van der Waals surface area contributed by atoms with Gasteiger partial charge >= 0.3 is 0 Å². The van der Waals surface area contributed by atoms with Gasteiger partial charge in [-0.05, 0) is 62.4 Å². The van der Waals surface area contributed by atoms with E-state index in [-0.39, 0.29) is 0 Å². The van der Waals surface area contributed by atoms with Crippen LogP contribution in [0.5, 0.6) is 0 Å². The van der Waals surface area contributed by atoms with E-state index in [2.05, 4.69) is 53.2 Å². The van der Waals surface area contributed by atoms with Crippen LogP contribution in [0.2, 0.25) is 0 Å². The number of hydrogen-bond acceptors (Lipinski definition) is 4. The zero-order chi connectivity index (χ0) is 17.6. The summed E-state index contributed by atoms with van der Waals surface area (Å²) < 4.78 is 0. The first-order chi connectivity index (χ1) is 12.2. The molecule has 2 saturated heterocycles. The van der Waals surface area contributed by atoms with Crippen LogP contribution in [0.3, 0.4) is 0 Å². The van der Waals surface area contributed by atoms with Gasteiger partial charge in [0.15, 0.2) is 0 Å². The van der Waals surface area contributed by atoms with Crippen molar-refractivity contribution < 1.29 is 5.11 Å². The smallest absolute Gasteiger partial charge is 0.0460 e. The number of hydrogen-bond donors (Lipinski definition) is 2. The minimum absolute atomic E-state index is 0.348. The Hall–Kier alpha value is -1.10. The zero-order valence-electron chi connectivity index (χ0n) is 16.0. The van der Waals surface area contributed by atoms with Gasteiger partial charge in [0.25, 0.3) is 0 Å². The SMILES string of the molecule is CCN1CC[C@@H](Nc2ccccc2CN2CCC(CO)CC2)[C@H](C)C1. The molecule has 2 fully saturated rings. The Morgan fingerprint density at radius 3 is 2.48 bits per heavy atom. The van der Waals surface area contributed by atoms with Gasteiger partial charge in [-0.3, -0.25) is 4.90 Å². The molecule has 0 saturated carbocycles. The van der Waals surface area contributed by atoms with Crippen molar-refractivity contribution in [1.29, 1.82) is 0 Å². The van der Waals surface area contributed by atoms with Crippen LogP contribution in [0, 0.1) is 11.8 Å². The van der Waals surface area contributed by atoms with Gasteiger partial charge in [0, 0.05) is 38.0 Å². The Labute approximate surface area is 153 Å². The van der Waals surface area contributed by atoms with Gasteiger partial charge in [0.2, 0.25) is 0 Å². The maximum atomic E-state index is 9.32. The van der Waals surface area contributed by atoms with Crippen LogP contribution < -0.4 is 5.32 Å². The maximum absolute atomic E-state index is 9.32. The third-order valence-electron chi connectivity index (χ3n) is 6.15. The number of likely N-dealkylation sites (tertiary alicyclic amines) is 2. The number of benzene rings is 1. The predicted octanol–water partition coefficient (Wildman–Crippen LogP) is 3.03. The third-order valence-corrected chi connectivity index (χ3v) is 6.15. The van der Waals surface area contributed by atoms with E-state index in [4.69, 9.17) is 0 Å². The highest BCUT2D eigenvalue weighted by molar-refractivity contribution is 5.52. The number of piperidine rings is 2. The van der Waals surface area contributed by atoms with Crippen molar-refractivity contribution in [2.45, 2.75) is 45.7 Å². The molecule has 0 radical (unpaired) electrons. The summed E-state index contributed by atoms with van der Waals surface area (Å²) in [6, 6.07) is 9.39. The lowest BCUT2D eigenvalue weighted by atomic mass is 9.93. The highest BCUT2D eigenvalue weighted by Gasteiger charge is 2.26. The number of rotatable bonds is 6. The first-order valence-electron chi connectivity index (χ1n) is 10.1. The average Bonchev–Trinajstić information content (AvgIpc) is 2.65. The van der Waals surface area contributed by atoms with Crippen LogP contribution in [-0.4, -0.2) is 60.3 Å². The number of anilines is 1. The molecule has 4 nitrogen and oxygen atoms in total. The summed E-state index contributed by atoms with van der Waals surface area (Å²) in [7, 11) is 0. The highest BCUT2D eigenvalue weighted by atomic mass is 16.3. The summed E-state index contributed by atoms with van der Waals surface area (Å²) in [6.07, 6.45) is 3.47. The fourth-order valence-electron chi connectivity index (χ4n) is 4.30. The Morgan fingerprint density at radius 2 is 1.80 bits per heavy atom. The molecule has 0 unspecified atom stereocenters. The fraction of sp³-hybridized carbons (Fsp3) is 0.714. The van der Waals surface area contributed by atoms with Gasteiger partial charge in [-0.2, -0.15) is 0 Å². The summed E-state index contributed by atoms with van der Waals surface area (Å²) in [5.74, 6) is 1.19. The van der Waals surface area contributed by atoms with Crippen molar-refractivity contribution in [3.8, 4) is 0 Å². The molecule has 2 aliphatic heterocycles. The molecule has 0 bridgehead atoms. The van der Waals surface area contributed by atoms with E-state index in [1.807, 2.05) is 0 Å². The molecule has 25 heavy (non-hydrogen) atoms. The van der Waals surface area contributed by atoms with E-state index in [0.717, 1.165) is 39.0 Å². The van der Waals surface area contributed by atoms with E-state index in [1.54, 1.807) is 0 Å². The minimum Gasteiger partial charge on any atom is -0.396 e. The molecule has 140 valence electrons. The maximum Gasteiger partial charge on any atom is 0.0460 e. The van der Waals surface area contributed by atoms with Gasteiger partial charge in [-0.15, -0.1) is 0 Å². The number of para-hydroxylation sites is 1. The van der Waals surface area contributed by atoms with Crippen LogP contribution in [0.1, 0.15) is 38.7 Å².